The Hall–Kier alpha value is -4.20. The van der Waals surface area contributed by atoms with E-state index in [0.717, 1.165) is 72.9 Å². The van der Waals surface area contributed by atoms with Crippen molar-refractivity contribution >= 4 is 23.6 Å². The van der Waals surface area contributed by atoms with Crippen LogP contribution in [0.2, 0.25) is 0 Å². The topological polar surface area (TPSA) is 101 Å². The van der Waals surface area contributed by atoms with Gasteiger partial charge < -0.3 is 20.3 Å². The highest BCUT2D eigenvalue weighted by atomic mass is 16.6. The van der Waals surface area contributed by atoms with Gasteiger partial charge in [-0.1, -0.05) is 54.6 Å². The van der Waals surface area contributed by atoms with Gasteiger partial charge in [-0.2, -0.15) is 0 Å². The lowest BCUT2D eigenvalue weighted by Crippen LogP contribution is -2.52. The van der Waals surface area contributed by atoms with Crippen molar-refractivity contribution in [2.75, 3.05) is 12.4 Å². The van der Waals surface area contributed by atoms with Gasteiger partial charge >= 0.3 is 6.09 Å². The van der Waals surface area contributed by atoms with Crippen LogP contribution < -0.4 is 10.6 Å². The normalized spacial score (nSPS) is 19.1. The van der Waals surface area contributed by atoms with E-state index >= 15 is 0 Å². The summed E-state index contributed by atoms with van der Waals surface area (Å²) in [5, 5.41) is 6.22. The van der Waals surface area contributed by atoms with Crippen LogP contribution in [0.15, 0.2) is 66.9 Å². The number of hydrogen-bond donors (Lipinski definition) is 2. The van der Waals surface area contributed by atoms with Crippen molar-refractivity contribution in [2.45, 2.75) is 96.2 Å². The number of carbonyl (C=O) groups is 3. The van der Waals surface area contributed by atoms with Gasteiger partial charge in [0, 0.05) is 37.6 Å². The number of amides is 3. The molecule has 0 radical (unpaired) electrons. The van der Waals surface area contributed by atoms with Crippen LogP contribution in [0.5, 0.6) is 0 Å². The van der Waals surface area contributed by atoms with Crippen LogP contribution in [-0.4, -0.2) is 46.5 Å². The minimum atomic E-state index is -0.558. The molecule has 2 N–H and O–H groups in total. The summed E-state index contributed by atoms with van der Waals surface area (Å²) in [4.78, 5) is 44.1. The largest absolute Gasteiger partial charge is 0.444 e. The first-order valence-electron chi connectivity index (χ1n) is 16.1. The third-order valence-corrected chi connectivity index (χ3v) is 9.25. The van der Waals surface area contributed by atoms with Gasteiger partial charge in [0.2, 0.25) is 11.8 Å². The molecular weight excluding hydrogens is 564 g/mol. The van der Waals surface area contributed by atoms with Gasteiger partial charge in [-0.25, -0.2) is 4.79 Å². The first kappa shape index (κ1) is 32.2. The molecule has 238 valence electrons. The number of anilines is 1. The van der Waals surface area contributed by atoms with E-state index in [9.17, 15) is 14.4 Å². The molecule has 3 aromatic rings. The van der Waals surface area contributed by atoms with E-state index in [1.54, 1.807) is 13.1 Å². The minimum absolute atomic E-state index is 0.0143. The zero-order chi connectivity index (χ0) is 32.2. The number of nitrogens with zero attached hydrogens (tertiary/aromatic N) is 2. The molecule has 2 aromatic carbocycles. The molecule has 0 saturated heterocycles. The smallest absolute Gasteiger partial charge is 0.408 e. The van der Waals surface area contributed by atoms with Crippen molar-refractivity contribution in [2.24, 2.45) is 5.92 Å². The fourth-order valence-electron chi connectivity index (χ4n) is 6.53. The summed E-state index contributed by atoms with van der Waals surface area (Å²) in [5.74, 6) is 0.388. The third-order valence-electron chi connectivity index (χ3n) is 9.25. The lowest BCUT2D eigenvalue weighted by atomic mass is 9.71. The molecule has 2 aliphatic carbocycles. The summed E-state index contributed by atoms with van der Waals surface area (Å²) >= 11 is 0. The molecule has 45 heavy (non-hydrogen) atoms. The summed E-state index contributed by atoms with van der Waals surface area (Å²) < 4.78 is 5.55. The molecule has 2 aliphatic rings. The van der Waals surface area contributed by atoms with E-state index in [0.29, 0.717) is 18.0 Å². The van der Waals surface area contributed by atoms with Crippen LogP contribution in [-0.2, 0) is 19.9 Å². The highest BCUT2D eigenvalue weighted by Gasteiger charge is 2.41. The average molecular weight is 611 g/mol. The standard InChI is InChI=1S/C37H46N4O4/c1-25(42)41(5)31-18-12-26(13-19-31)22-33(43)39-30-23-32(27-10-7-6-8-11-27)34(38-24-30)28-14-16-29(17-15-28)37(20-9-21-37)40-35(44)45-36(2,3)4/h6-8,10-11,14-17,23-24,26,31H,9,12-13,18-22H2,1-5H3,(H,39,43)(H,40,44). The van der Waals surface area contributed by atoms with Crippen LogP contribution in [0.25, 0.3) is 22.4 Å². The monoisotopic (exact) mass is 610 g/mol. The number of hydrogen-bond acceptors (Lipinski definition) is 5. The fourth-order valence-corrected chi connectivity index (χ4v) is 6.53. The van der Waals surface area contributed by atoms with Crippen molar-refractivity contribution < 1.29 is 19.1 Å². The maximum absolute atomic E-state index is 13.1. The maximum Gasteiger partial charge on any atom is 0.408 e. The second kappa shape index (κ2) is 13.4. The van der Waals surface area contributed by atoms with Gasteiger partial charge in [0.25, 0.3) is 0 Å². The van der Waals surface area contributed by atoms with Crippen molar-refractivity contribution in [3.8, 4) is 22.4 Å². The molecule has 1 heterocycles. The molecular formula is C37H46N4O4. The second-order valence-electron chi connectivity index (χ2n) is 13.7. The number of carbonyl (C=O) groups excluding carboxylic acids is 3. The van der Waals surface area contributed by atoms with Crippen LogP contribution in [0.4, 0.5) is 10.5 Å². The number of ether oxygens (including phenoxy) is 1. The van der Waals surface area contributed by atoms with Crippen molar-refractivity contribution in [3.63, 3.8) is 0 Å². The van der Waals surface area contributed by atoms with Crippen LogP contribution in [0.1, 0.15) is 84.6 Å². The van der Waals surface area contributed by atoms with Gasteiger partial charge in [-0.15, -0.1) is 0 Å². The van der Waals surface area contributed by atoms with E-state index in [2.05, 4.69) is 34.9 Å². The fraction of sp³-hybridized carbons (Fsp3) is 0.459. The Labute approximate surface area is 267 Å². The minimum Gasteiger partial charge on any atom is -0.444 e. The summed E-state index contributed by atoms with van der Waals surface area (Å²) in [5.41, 5.74) is 4.45. The maximum atomic E-state index is 13.1. The van der Waals surface area contributed by atoms with Gasteiger partial charge in [0.15, 0.2) is 0 Å². The predicted molar refractivity (Wildman–Crippen MR) is 177 cm³/mol. The molecule has 0 bridgehead atoms. The molecule has 0 aliphatic heterocycles. The van der Waals surface area contributed by atoms with Gasteiger partial charge in [0.1, 0.15) is 5.60 Å². The lowest BCUT2D eigenvalue weighted by Gasteiger charge is -2.43. The second-order valence-corrected chi connectivity index (χ2v) is 13.7. The van der Waals surface area contributed by atoms with Crippen molar-refractivity contribution in [1.82, 2.24) is 15.2 Å². The number of alkyl carbamates (subject to hydrolysis) is 1. The Morgan fingerprint density at radius 2 is 1.62 bits per heavy atom. The van der Waals surface area contributed by atoms with Crippen LogP contribution in [0.3, 0.4) is 0 Å². The molecule has 3 amide bonds. The quantitative estimate of drug-likeness (QED) is 0.272. The van der Waals surface area contributed by atoms with E-state index in [4.69, 9.17) is 9.72 Å². The van der Waals surface area contributed by atoms with Gasteiger partial charge in [0.05, 0.1) is 23.1 Å². The van der Waals surface area contributed by atoms with E-state index in [-0.39, 0.29) is 17.9 Å². The first-order valence-corrected chi connectivity index (χ1v) is 16.1. The number of pyridine rings is 1. The highest BCUT2D eigenvalue weighted by molar-refractivity contribution is 5.93. The Morgan fingerprint density at radius 1 is 0.956 bits per heavy atom. The molecule has 8 heteroatoms. The summed E-state index contributed by atoms with van der Waals surface area (Å²) in [6.07, 6.45) is 8.30. The molecule has 5 rings (SSSR count). The molecule has 8 nitrogen and oxygen atoms in total. The Bertz CT molecular complexity index is 1500. The number of benzene rings is 2. The average Bonchev–Trinajstić information content (AvgIpc) is 2.98. The van der Waals surface area contributed by atoms with Crippen molar-refractivity contribution in [3.05, 3.63) is 72.4 Å². The number of nitrogens with one attached hydrogen (secondary N) is 2. The first-order chi connectivity index (χ1) is 21.4. The summed E-state index contributed by atoms with van der Waals surface area (Å²) in [7, 11) is 1.87. The summed E-state index contributed by atoms with van der Waals surface area (Å²) in [6, 6.07) is 20.6. The third kappa shape index (κ3) is 7.91. The Morgan fingerprint density at radius 3 is 2.20 bits per heavy atom. The SMILES string of the molecule is CC(=O)N(C)C1CCC(CC(=O)Nc2cnc(-c3ccc(C4(NC(=O)OC(C)(C)C)CCC4)cc3)c(-c3ccccc3)c2)CC1. The highest BCUT2D eigenvalue weighted by Crippen LogP contribution is 2.42. The number of rotatable bonds is 8. The Balaban J connectivity index is 1.31. The number of aromatic nitrogens is 1. The Kier molecular flexibility index (Phi) is 9.61. The molecule has 1 aromatic heterocycles. The molecule has 0 unspecified atom stereocenters. The predicted octanol–water partition coefficient (Wildman–Crippen LogP) is 7.69. The van der Waals surface area contributed by atoms with Crippen molar-refractivity contribution in [1.29, 1.82) is 0 Å². The molecule has 0 spiro atoms. The van der Waals surface area contributed by atoms with E-state index in [1.807, 2.05) is 69.1 Å². The molecule has 2 fully saturated rings. The molecule has 0 atom stereocenters. The molecule has 2 saturated carbocycles. The van der Waals surface area contributed by atoms with E-state index < -0.39 is 17.2 Å². The summed E-state index contributed by atoms with van der Waals surface area (Å²) in [6.45, 7) is 7.21. The van der Waals surface area contributed by atoms with Crippen LogP contribution >= 0.6 is 0 Å². The zero-order valence-corrected chi connectivity index (χ0v) is 27.2. The van der Waals surface area contributed by atoms with Gasteiger partial charge in [-0.05, 0) is 88.8 Å². The van der Waals surface area contributed by atoms with Crippen LogP contribution in [0, 0.1) is 5.92 Å². The van der Waals surface area contributed by atoms with E-state index in [1.165, 1.54) is 0 Å². The van der Waals surface area contributed by atoms with Gasteiger partial charge in [-0.3, -0.25) is 14.6 Å². The lowest BCUT2D eigenvalue weighted by molar-refractivity contribution is -0.130. The zero-order valence-electron chi connectivity index (χ0n) is 27.2.